The first-order chi connectivity index (χ1) is 16.4. The largest absolute Gasteiger partial charge is 0.344 e. The van der Waals surface area contributed by atoms with Crippen LogP contribution in [0.1, 0.15) is 41.5 Å². The van der Waals surface area contributed by atoms with E-state index < -0.39 is 33.3 Å². The first kappa shape index (κ1) is 24.3. The average molecular weight is 498 g/mol. The minimum Gasteiger partial charge on any atom is -0.344 e. The summed E-state index contributed by atoms with van der Waals surface area (Å²) >= 11 is 0. The van der Waals surface area contributed by atoms with Gasteiger partial charge in [-0.25, -0.2) is 37.1 Å². The van der Waals surface area contributed by atoms with E-state index in [4.69, 9.17) is 0 Å². The van der Waals surface area contributed by atoms with Crippen molar-refractivity contribution in [3.8, 4) is 11.5 Å². The van der Waals surface area contributed by atoms with E-state index in [0.29, 0.717) is 35.2 Å². The molecular weight excluding hydrogens is 476 g/mol. The van der Waals surface area contributed by atoms with Crippen molar-refractivity contribution in [3.63, 3.8) is 0 Å². The summed E-state index contributed by atoms with van der Waals surface area (Å²) in [6.07, 6.45) is 3.99. The van der Waals surface area contributed by atoms with Crippen LogP contribution in [0.4, 0.5) is 8.78 Å². The second-order valence-electron chi connectivity index (χ2n) is 8.12. The summed E-state index contributed by atoms with van der Waals surface area (Å²) in [6, 6.07) is 11.0. The number of hydrogen-bond donors (Lipinski definition) is 1. The van der Waals surface area contributed by atoms with Gasteiger partial charge in [0.25, 0.3) is 11.8 Å². The third-order valence-corrected chi connectivity index (χ3v) is 6.33. The summed E-state index contributed by atoms with van der Waals surface area (Å²) in [5.74, 6) is -3.79. The lowest BCUT2D eigenvalue weighted by Gasteiger charge is -2.18. The quantitative estimate of drug-likeness (QED) is 0.427. The molecule has 4 aromatic rings. The molecule has 0 radical (unpaired) electrons. The Labute approximate surface area is 200 Å². The normalized spacial score (nSPS) is 12.9. The highest BCUT2D eigenvalue weighted by atomic mass is 32.2. The Morgan fingerprint density at radius 1 is 1.00 bits per heavy atom. The SMILES string of the molecule is CC(NC(=O)c1cc(C(C)(F)F)cc(S(C)(=O)=O)c1)c1nc2ccccc2nc1-c1ncccn1. The van der Waals surface area contributed by atoms with E-state index >= 15 is 0 Å². The number of carbonyl (C=O) groups excluding carboxylic acids is 1. The van der Waals surface area contributed by atoms with Crippen molar-refractivity contribution < 1.29 is 22.0 Å². The number of nitrogens with one attached hydrogen (secondary N) is 1. The van der Waals surface area contributed by atoms with E-state index in [1.807, 2.05) is 6.07 Å². The van der Waals surface area contributed by atoms with Crippen LogP contribution >= 0.6 is 0 Å². The fourth-order valence-corrected chi connectivity index (χ4v) is 4.13. The number of amides is 1. The third-order valence-electron chi connectivity index (χ3n) is 5.24. The number of hydrogen-bond acceptors (Lipinski definition) is 7. The van der Waals surface area contributed by atoms with Crippen molar-refractivity contribution in [2.24, 2.45) is 0 Å². The summed E-state index contributed by atoms with van der Waals surface area (Å²) in [5.41, 5.74) is 1.10. The summed E-state index contributed by atoms with van der Waals surface area (Å²) in [7, 11) is -3.84. The maximum Gasteiger partial charge on any atom is 0.270 e. The summed E-state index contributed by atoms with van der Waals surface area (Å²) in [5, 5.41) is 2.71. The molecule has 1 amide bonds. The third kappa shape index (κ3) is 5.29. The number of aromatic nitrogens is 4. The maximum atomic E-state index is 14.0. The van der Waals surface area contributed by atoms with E-state index in [-0.39, 0.29) is 10.5 Å². The van der Waals surface area contributed by atoms with E-state index in [0.717, 1.165) is 24.5 Å². The Balaban J connectivity index is 1.76. The van der Waals surface area contributed by atoms with E-state index in [9.17, 15) is 22.0 Å². The number of benzene rings is 2. The van der Waals surface area contributed by atoms with Crippen molar-refractivity contribution in [1.29, 1.82) is 0 Å². The Morgan fingerprint density at radius 2 is 1.63 bits per heavy atom. The molecule has 0 saturated heterocycles. The highest BCUT2D eigenvalue weighted by molar-refractivity contribution is 7.90. The van der Waals surface area contributed by atoms with Gasteiger partial charge in [0, 0.05) is 36.7 Å². The van der Waals surface area contributed by atoms with Crippen LogP contribution in [-0.2, 0) is 15.8 Å². The van der Waals surface area contributed by atoms with Crippen LogP contribution < -0.4 is 5.32 Å². The summed E-state index contributed by atoms with van der Waals surface area (Å²) in [4.78, 5) is 30.4. The van der Waals surface area contributed by atoms with Gasteiger partial charge < -0.3 is 5.32 Å². The van der Waals surface area contributed by atoms with Crippen LogP contribution in [-0.4, -0.2) is 40.5 Å². The molecule has 2 aromatic heterocycles. The van der Waals surface area contributed by atoms with Crippen LogP contribution in [0.5, 0.6) is 0 Å². The lowest BCUT2D eigenvalue weighted by atomic mass is 10.0. The van der Waals surface area contributed by atoms with Crippen molar-refractivity contribution >= 4 is 26.8 Å². The number of fused-ring (bicyclic) bond motifs is 1. The molecule has 4 rings (SSSR count). The molecular formula is C24H21F2N5O3S. The fraction of sp³-hybridized carbons (Fsp3) is 0.208. The van der Waals surface area contributed by atoms with Gasteiger partial charge in [0.05, 0.1) is 27.7 Å². The zero-order valence-corrected chi connectivity index (χ0v) is 19.8. The van der Waals surface area contributed by atoms with Gasteiger partial charge >= 0.3 is 0 Å². The Bertz CT molecular complexity index is 1520. The lowest BCUT2D eigenvalue weighted by molar-refractivity contribution is 0.0172. The zero-order chi connectivity index (χ0) is 25.4. The average Bonchev–Trinajstić information content (AvgIpc) is 2.82. The molecule has 180 valence electrons. The molecule has 11 heteroatoms. The highest BCUT2D eigenvalue weighted by Gasteiger charge is 2.28. The van der Waals surface area contributed by atoms with Crippen LogP contribution in [0.2, 0.25) is 0 Å². The molecule has 0 aliphatic carbocycles. The molecule has 0 saturated carbocycles. The first-order valence-electron chi connectivity index (χ1n) is 10.5. The number of carbonyl (C=O) groups is 1. The van der Waals surface area contributed by atoms with Crippen LogP contribution in [0.3, 0.4) is 0 Å². The minimum atomic E-state index is -3.84. The number of rotatable bonds is 6. The van der Waals surface area contributed by atoms with Gasteiger partial charge in [-0.05, 0) is 43.3 Å². The molecule has 1 N–H and O–H groups in total. The summed E-state index contributed by atoms with van der Waals surface area (Å²) in [6.45, 7) is 2.29. The topological polar surface area (TPSA) is 115 Å². The van der Waals surface area contributed by atoms with E-state index in [1.54, 1.807) is 43.6 Å². The molecule has 35 heavy (non-hydrogen) atoms. The van der Waals surface area contributed by atoms with Crippen molar-refractivity contribution in [2.45, 2.75) is 30.7 Å². The molecule has 1 unspecified atom stereocenters. The standard InChI is InChI=1S/C24H21F2N5O3S/c1-14(29-23(32)15-11-16(24(2,25)26)13-17(12-15)35(3,33)34)20-21(22-27-9-6-10-28-22)31-19-8-5-4-7-18(19)30-20/h4-14H,1-3H3,(H,29,32). The molecule has 0 bridgehead atoms. The second-order valence-corrected chi connectivity index (χ2v) is 10.1. The molecule has 0 aliphatic rings. The Kier molecular flexibility index (Phi) is 6.28. The van der Waals surface area contributed by atoms with Gasteiger partial charge in [0.15, 0.2) is 15.7 Å². The fourth-order valence-electron chi connectivity index (χ4n) is 3.45. The van der Waals surface area contributed by atoms with Crippen molar-refractivity contribution in [3.05, 3.63) is 77.7 Å². The molecule has 1 atom stereocenters. The van der Waals surface area contributed by atoms with Crippen molar-refractivity contribution in [1.82, 2.24) is 25.3 Å². The van der Waals surface area contributed by atoms with Gasteiger partial charge in [0.2, 0.25) is 0 Å². The van der Waals surface area contributed by atoms with Crippen LogP contribution in [0.15, 0.2) is 65.8 Å². The van der Waals surface area contributed by atoms with Gasteiger partial charge in [0.1, 0.15) is 5.69 Å². The van der Waals surface area contributed by atoms with E-state index in [2.05, 4.69) is 25.3 Å². The smallest absolute Gasteiger partial charge is 0.270 e. The Hall–Kier alpha value is -3.86. The number of nitrogens with zero attached hydrogens (tertiary/aromatic N) is 4. The van der Waals surface area contributed by atoms with Crippen LogP contribution in [0, 0.1) is 0 Å². The summed E-state index contributed by atoms with van der Waals surface area (Å²) < 4.78 is 52.1. The Morgan fingerprint density at radius 3 is 2.23 bits per heavy atom. The number of para-hydroxylation sites is 2. The predicted molar refractivity (Wildman–Crippen MR) is 126 cm³/mol. The highest BCUT2D eigenvalue weighted by Crippen LogP contribution is 2.30. The second kappa shape index (κ2) is 9.06. The molecule has 0 fully saturated rings. The number of halogens is 2. The maximum absolute atomic E-state index is 14.0. The zero-order valence-electron chi connectivity index (χ0n) is 19.0. The van der Waals surface area contributed by atoms with E-state index in [1.165, 1.54) is 0 Å². The molecule has 0 aliphatic heterocycles. The van der Waals surface area contributed by atoms with Gasteiger partial charge in [-0.1, -0.05) is 12.1 Å². The van der Waals surface area contributed by atoms with Crippen molar-refractivity contribution in [2.75, 3.05) is 6.26 Å². The van der Waals surface area contributed by atoms with Crippen LogP contribution in [0.25, 0.3) is 22.6 Å². The lowest BCUT2D eigenvalue weighted by Crippen LogP contribution is -2.28. The molecule has 8 nitrogen and oxygen atoms in total. The van der Waals surface area contributed by atoms with Gasteiger partial charge in [-0.2, -0.15) is 0 Å². The predicted octanol–water partition coefficient (Wildman–Crippen LogP) is 4.09. The molecule has 2 aromatic carbocycles. The van der Waals surface area contributed by atoms with Gasteiger partial charge in [-0.15, -0.1) is 0 Å². The van der Waals surface area contributed by atoms with Gasteiger partial charge in [-0.3, -0.25) is 4.79 Å². The molecule has 2 heterocycles. The monoisotopic (exact) mass is 497 g/mol. The number of alkyl halides is 2. The first-order valence-corrected chi connectivity index (χ1v) is 12.4. The minimum absolute atomic E-state index is 0.220. The molecule has 0 spiro atoms. The number of sulfone groups is 1.